The van der Waals surface area contributed by atoms with Gasteiger partial charge in [-0.1, -0.05) is 0 Å². The summed E-state index contributed by atoms with van der Waals surface area (Å²) in [6, 6.07) is 8.61. The van der Waals surface area contributed by atoms with Gasteiger partial charge in [0, 0.05) is 30.5 Å². The SMILES string of the molecule is CN(CCO)CCCNc1[c]cc(N)cc1. The van der Waals surface area contributed by atoms with Crippen molar-refractivity contribution in [3.8, 4) is 0 Å². The second kappa shape index (κ2) is 7.09. The molecule has 0 saturated heterocycles. The van der Waals surface area contributed by atoms with Crippen LogP contribution in [0.3, 0.4) is 0 Å². The van der Waals surface area contributed by atoms with Crippen LogP contribution in [-0.2, 0) is 0 Å². The van der Waals surface area contributed by atoms with Crippen molar-refractivity contribution < 1.29 is 5.11 Å². The first-order valence-corrected chi connectivity index (χ1v) is 5.53. The third-order valence-corrected chi connectivity index (χ3v) is 2.35. The van der Waals surface area contributed by atoms with Gasteiger partial charge in [0.15, 0.2) is 0 Å². The fourth-order valence-electron chi connectivity index (χ4n) is 1.40. The molecule has 0 aliphatic rings. The van der Waals surface area contributed by atoms with E-state index in [1.807, 2.05) is 19.2 Å². The summed E-state index contributed by atoms with van der Waals surface area (Å²) in [6.07, 6.45) is 1.04. The molecule has 4 nitrogen and oxygen atoms in total. The maximum Gasteiger partial charge on any atom is 0.0558 e. The van der Waals surface area contributed by atoms with Crippen molar-refractivity contribution in [2.75, 3.05) is 44.3 Å². The Morgan fingerprint density at radius 2 is 2.25 bits per heavy atom. The topological polar surface area (TPSA) is 61.5 Å². The summed E-state index contributed by atoms with van der Waals surface area (Å²) in [4.78, 5) is 2.11. The molecule has 0 aliphatic heterocycles. The third kappa shape index (κ3) is 5.00. The first-order chi connectivity index (χ1) is 7.72. The van der Waals surface area contributed by atoms with E-state index < -0.39 is 0 Å². The Morgan fingerprint density at radius 3 is 2.88 bits per heavy atom. The molecule has 0 saturated carbocycles. The molecule has 0 amide bonds. The number of nitrogen functional groups attached to an aromatic ring is 1. The highest BCUT2D eigenvalue weighted by Crippen LogP contribution is 2.09. The Hall–Kier alpha value is -1.26. The zero-order valence-electron chi connectivity index (χ0n) is 9.74. The number of aliphatic hydroxyl groups excluding tert-OH is 1. The second-order valence-corrected chi connectivity index (χ2v) is 3.84. The van der Waals surface area contributed by atoms with Crippen LogP contribution in [-0.4, -0.2) is 43.3 Å². The lowest BCUT2D eigenvalue weighted by Gasteiger charge is -2.15. The van der Waals surface area contributed by atoms with Crippen molar-refractivity contribution in [1.82, 2.24) is 4.90 Å². The summed E-state index contributed by atoms with van der Waals surface area (Å²) in [5.41, 5.74) is 7.27. The Balaban J connectivity index is 2.13. The van der Waals surface area contributed by atoms with E-state index in [2.05, 4.69) is 16.3 Å². The third-order valence-electron chi connectivity index (χ3n) is 2.35. The zero-order valence-corrected chi connectivity index (χ0v) is 9.74. The summed E-state index contributed by atoms with van der Waals surface area (Å²) in [6.45, 7) is 2.82. The van der Waals surface area contributed by atoms with E-state index in [1.54, 1.807) is 6.07 Å². The number of hydrogen-bond donors (Lipinski definition) is 3. The maximum absolute atomic E-state index is 8.72. The molecule has 0 bridgehead atoms. The monoisotopic (exact) mass is 222 g/mol. The van der Waals surface area contributed by atoms with Crippen molar-refractivity contribution >= 4 is 11.4 Å². The van der Waals surface area contributed by atoms with Crippen molar-refractivity contribution in [3.05, 3.63) is 24.3 Å². The van der Waals surface area contributed by atoms with Gasteiger partial charge in [0.05, 0.1) is 6.61 Å². The van der Waals surface area contributed by atoms with Crippen molar-refractivity contribution in [2.45, 2.75) is 6.42 Å². The molecule has 4 heteroatoms. The van der Waals surface area contributed by atoms with Crippen LogP contribution in [0, 0.1) is 6.07 Å². The molecule has 1 aromatic rings. The number of anilines is 2. The van der Waals surface area contributed by atoms with Gasteiger partial charge in [0.2, 0.25) is 0 Å². The average molecular weight is 222 g/mol. The molecule has 0 aliphatic carbocycles. The summed E-state index contributed by atoms with van der Waals surface area (Å²) < 4.78 is 0. The first-order valence-electron chi connectivity index (χ1n) is 5.53. The van der Waals surface area contributed by atoms with Crippen LogP contribution in [0.2, 0.25) is 0 Å². The van der Waals surface area contributed by atoms with Crippen LogP contribution in [0.1, 0.15) is 6.42 Å². The average Bonchev–Trinajstić information content (AvgIpc) is 2.27. The van der Waals surface area contributed by atoms with Gasteiger partial charge in [-0.2, -0.15) is 0 Å². The minimum atomic E-state index is 0.218. The van der Waals surface area contributed by atoms with Gasteiger partial charge in [0.25, 0.3) is 0 Å². The van der Waals surface area contributed by atoms with Crippen LogP contribution < -0.4 is 11.1 Å². The van der Waals surface area contributed by atoms with Crippen LogP contribution in [0.25, 0.3) is 0 Å². The minimum absolute atomic E-state index is 0.218. The summed E-state index contributed by atoms with van der Waals surface area (Å²) >= 11 is 0. The second-order valence-electron chi connectivity index (χ2n) is 3.84. The maximum atomic E-state index is 8.72. The first kappa shape index (κ1) is 12.8. The van der Waals surface area contributed by atoms with Gasteiger partial charge >= 0.3 is 0 Å². The van der Waals surface area contributed by atoms with Crippen LogP contribution in [0.4, 0.5) is 11.4 Å². The molecule has 4 N–H and O–H groups in total. The number of nitrogens with two attached hydrogens (primary N) is 1. The van der Waals surface area contributed by atoms with Gasteiger partial charge in [-0.25, -0.2) is 0 Å². The fraction of sp³-hybridized carbons (Fsp3) is 0.500. The number of rotatable bonds is 7. The molecular weight excluding hydrogens is 202 g/mol. The van der Waals surface area contributed by atoms with E-state index in [0.29, 0.717) is 0 Å². The Bertz CT molecular complexity index is 287. The van der Waals surface area contributed by atoms with E-state index in [0.717, 1.165) is 37.4 Å². The normalized spacial score (nSPS) is 10.7. The largest absolute Gasteiger partial charge is 0.399 e. The number of likely N-dealkylation sites (N-methyl/N-ethyl adjacent to an activating group) is 1. The highest BCUT2D eigenvalue weighted by molar-refractivity contribution is 5.49. The van der Waals surface area contributed by atoms with Gasteiger partial charge in [-0.3, -0.25) is 0 Å². The lowest BCUT2D eigenvalue weighted by Crippen LogP contribution is -2.24. The summed E-state index contributed by atoms with van der Waals surface area (Å²) in [5.74, 6) is 0. The Labute approximate surface area is 97.1 Å². The minimum Gasteiger partial charge on any atom is -0.399 e. The number of aliphatic hydroxyl groups is 1. The predicted octanol–water partition coefficient (Wildman–Crippen LogP) is 0.795. The molecule has 0 unspecified atom stereocenters. The van der Waals surface area contributed by atoms with E-state index in [4.69, 9.17) is 10.8 Å². The predicted molar refractivity (Wildman–Crippen MR) is 67.4 cm³/mol. The molecule has 1 radical (unpaired) electrons. The number of hydrogen-bond acceptors (Lipinski definition) is 4. The molecule has 0 aromatic heterocycles. The number of nitrogens with one attached hydrogen (secondary N) is 1. The smallest absolute Gasteiger partial charge is 0.0558 e. The zero-order chi connectivity index (χ0) is 11.8. The van der Waals surface area contributed by atoms with Crippen molar-refractivity contribution in [2.24, 2.45) is 0 Å². The standard InChI is InChI=1S/C12H20N3O/c1-15(9-10-16)8-2-7-14-12-5-3-11(13)4-6-12/h3-5,14,16H,2,7-10,13H2,1H3. The van der Waals surface area contributed by atoms with E-state index in [1.165, 1.54) is 0 Å². The quantitative estimate of drug-likeness (QED) is 0.471. The molecule has 0 spiro atoms. The summed E-state index contributed by atoms with van der Waals surface area (Å²) in [5, 5.41) is 12.0. The Kier molecular flexibility index (Phi) is 5.67. The molecule has 89 valence electrons. The highest BCUT2D eigenvalue weighted by atomic mass is 16.3. The molecule has 16 heavy (non-hydrogen) atoms. The van der Waals surface area contributed by atoms with Gasteiger partial charge < -0.3 is 21.1 Å². The fourth-order valence-corrected chi connectivity index (χ4v) is 1.40. The van der Waals surface area contributed by atoms with Crippen LogP contribution in [0.15, 0.2) is 18.2 Å². The molecule has 1 aromatic carbocycles. The molecule has 1 rings (SSSR count). The van der Waals surface area contributed by atoms with E-state index in [-0.39, 0.29) is 6.61 Å². The molecule has 0 heterocycles. The lowest BCUT2D eigenvalue weighted by molar-refractivity contribution is 0.221. The highest BCUT2D eigenvalue weighted by Gasteiger charge is 1.96. The Morgan fingerprint density at radius 1 is 1.44 bits per heavy atom. The molecule has 0 fully saturated rings. The van der Waals surface area contributed by atoms with Gasteiger partial charge in [-0.05, 0) is 38.2 Å². The molecular formula is C12H20N3O. The van der Waals surface area contributed by atoms with Crippen LogP contribution >= 0.6 is 0 Å². The summed E-state index contributed by atoms with van der Waals surface area (Å²) in [7, 11) is 2.01. The number of benzene rings is 1. The number of nitrogens with zero attached hydrogens (tertiary/aromatic N) is 1. The van der Waals surface area contributed by atoms with E-state index in [9.17, 15) is 0 Å². The van der Waals surface area contributed by atoms with Gasteiger partial charge in [0.1, 0.15) is 0 Å². The van der Waals surface area contributed by atoms with Crippen molar-refractivity contribution in [3.63, 3.8) is 0 Å². The van der Waals surface area contributed by atoms with Crippen LogP contribution in [0.5, 0.6) is 0 Å². The van der Waals surface area contributed by atoms with E-state index >= 15 is 0 Å². The van der Waals surface area contributed by atoms with Gasteiger partial charge in [-0.15, -0.1) is 0 Å². The van der Waals surface area contributed by atoms with Crippen molar-refractivity contribution in [1.29, 1.82) is 0 Å². The molecule has 0 atom stereocenters. The lowest BCUT2D eigenvalue weighted by atomic mass is 10.3.